The summed E-state index contributed by atoms with van der Waals surface area (Å²) in [6, 6.07) is 10.4. The third-order valence-corrected chi connectivity index (χ3v) is 2.65. The molecule has 2 N–H and O–H groups in total. The Morgan fingerprint density at radius 2 is 2.05 bits per heavy atom. The van der Waals surface area contributed by atoms with Gasteiger partial charge in [0, 0.05) is 5.69 Å². The van der Waals surface area contributed by atoms with Gasteiger partial charge in [-0.05, 0) is 37.3 Å². The number of furan rings is 1. The molecule has 0 aliphatic rings. The number of nitrogens with zero attached hydrogens (tertiary/aromatic N) is 2. The minimum Gasteiger partial charge on any atom is -0.400 e. The molecule has 1 aromatic carbocycles. The average molecular weight is 304 g/mol. The van der Waals surface area contributed by atoms with Crippen LogP contribution in [0.5, 0.6) is 0 Å². The fraction of sp³-hybridized carbons (Fsp3) is 0.0769. The van der Waals surface area contributed by atoms with Gasteiger partial charge in [-0.25, -0.2) is 0 Å². The number of hydrogen-bond donors (Lipinski definition) is 2. The summed E-state index contributed by atoms with van der Waals surface area (Å²) >= 11 is 5.06. The zero-order chi connectivity index (χ0) is 15.2. The molecular weight excluding hydrogens is 292 g/mol. The van der Waals surface area contributed by atoms with Gasteiger partial charge >= 0.3 is 5.88 Å². The highest BCUT2D eigenvalue weighted by Crippen LogP contribution is 2.13. The highest BCUT2D eigenvalue weighted by molar-refractivity contribution is 7.80. The number of anilines is 1. The van der Waals surface area contributed by atoms with E-state index in [1.54, 1.807) is 0 Å². The van der Waals surface area contributed by atoms with Crippen LogP contribution in [0.1, 0.15) is 11.3 Å². The normalized spacial score (nSPS) is 10.5. The maximum atomic E-state index is 10.4. The molecule has 21 heavy (non-hydrogen) atoms. The first-order valence-corrected chi connectivity index (χ1v) is 6.36. The number of rotatable bonds is 4. The molecule has 0 radical (unpaired) electrons. The monoisotopic (exact) mass is 304 g/mol. The minimum atomic E-state index is -0.617. The first-order valence-electron chi connectivity index (χ1n) is 5.95. The van der Waals surface area contributed by atoms with Crippen molar-refractivity contribution >= 4 is 35.1 Å². The van der Waals surface area contributed by atoms with E-state index in [1.165, 1.54) is 18.3 Å². The Labute approximate surface area is 125 Å². The molecule has 2 rings (SSSR count). The van der Waals surface area contributed by atoms with Crippen LogP contribution in [0.3, 0.4) is 0 Å². The predicted molar refractivity (Wildman–Crippen MR) is 83.5 cm³/mol. The molecule has 1 aromatic heterocycles. The van der Waals surface area contributed by atoms with Crippen LogP contribution in [0.2, 0.25) is 0 Å². The molecule has 0 aliphatic carbocycles. The SMILES string of the molecule is Cc1ccc(NC(=S)N/N=C/c2ccc([N+](=O)[O-])o2)cc1. The Balaban J connectivity index is 1.86. The van der Waals surface area contributed by atoms with Crippen LogP contribution in [0.25, 0.3) is 0 Å². The molecule has 0 fully saturated rings. The Bertz CT molecular complexity index is 679. The lowest BCUT2D eigenvalue weighted by Gasteiger charge is -2.06. The second-order valence-corrected chi connectivity index (χ2v) is 4.53. The number of thiocarbonyl (C=S) groups is 1. The van der Waals surface area contributed by atoms with Gasteiger partial charge in [0.15, 0.2) is 10.9 Å². The first kappa shape index (κ1) is 14.7. The largest absolute Gasteiger partial charge is 0.433 e. The number of hydrogen-bond acceptors (Lipinski definition) is 5. The molecule has 0 saturated heterocycles. The molecule has 0 spiro atoms. The maximum Gasteiger partial charge on any atom is 0.433 e. The molecule has 108 valence electrons. The number of hydrazone groups is 1. The zero-order valence-corrected chi connectivity index (χ0v) is 11.9. The molecule has 0 unspecified atom stereocenters. The molecule has 1 heterocycles. The van der Waals surface area contributed by atoms with Gasteiger partial charge in [0.1, 0.15) is 4.92 Å². The van der Waals surface area contributed by atoms with Gasteiger partial charge in [-0.1, -0.05) is 17.7 Å². The topological polar surface area (TPSA) is 92.7 Å². The highest BCUT2D eigenvalue weighted by atomic mass is 32.1. The maximum absolute atomic E-state index is 10.4. The number of benzene rings is 1. The van der Waals surface area contributed by atoms with Gasteiger partial charge < -0.3 is 9.73 Å². The summed E-state index contributed by atoms with van der Waals surface area (Å²) in [4.78, 5) is 9.83. The summed E-state index contributed by atoms with van der Waals surface area (Å²) in [6.07, 6.45) is 1.30. The van der Waals surface area contributed by atoms with Crippen molar-refractivity contribution in [3.8, 4) is 0 Å². The van der Waals surface area contributed by atoms with Crippen LogP contribution in [-0.4, -0.2) is 16.3 Å². The molecule has 7 nitrogen and oxygen atoms in total. The van der Waals surface area contributed by atoms with Gasteiger partial charge in [-0.3, -0.25) is 15.5 Å². The lowest BCUT2D eigenvalue weighted by Crippen LogP contribution is -2.23. The van der Waals surface area contributed by atoms with Crippen molar-refractivity contribution in [1.82, 2.24) is 5.43 Å². The Morgan fingerprint density at radius 3 is 2.67 bits per heavy atom. The summed E-state index contributed by atoms with van der Waals surface area (Å²) in [5.74, 6) is -0.0795. The van der Waals surface area contributed by atoms with Crippen molar-refractivity contribution < 1.29 is 9.34 Å². The Morgan fingerprint density at radius 1 is 1.33 bits per heavy atom. The standard InChI is InChI=1S/C13H12N4O3S/c1-9-2-4-10(5-3-9)15-13(21)16-14-8-11-6-7-12(20-11)17(18)19/h2-8H,1H3,(H2,15,16,21)/b14-8+. The van der Waals surface area contributed by atoms with Crippen LogP contribution < -0.4 is 10.7 Å². The van der Waals surface area contributed by atoms with Gasteiger partial charge in [-0.2, -0.15) is 5.10 Å². The summed E-state index contributed by atoms with van der Waals surface area (Å²) in [5.41, 5.74) is 4.58. The van der Waals surface area contributed by atoms with Crippen LogP contribution in [-0.2, 0) is 0 Å². The van der Waals surface area contributed by atoms with E-state index in [0.29, 0.717) is 5.11 Å². The molecule has 2 aromatic rings. The second kappa shape index (κ2) is 6.62. The summed E-state index contributed by atoms with van der Waals surface area (Å²) in [7, 11) is 0. The van der Waals surface area contributed by atoms with E-state index in [2.05, 4.69) is 15.8 Å². The van der Waals surface area contributed by atoms with E-state index in [4.69, 9.17) is 16.6 Å². The molecule has 8 heteroatoms. The Hall–Kier alpha value is -2.74. The third-order valence-electron chi connectivity index (χ3n) is 2.46. The summed E-state index contributed by atoms with van der Waals surface area (Å²) in [5, 5.41) is 17.5. The molecule has 0 saturated carbocycles. The van der Waals surface area contributed by atoms with Crippen molar-refractivity contribution in [3.05, 3.63) is 57.8 Å². The molecule has 0 bridgehead atoms. The van der Waals surface area contributed by atoms with E-state index in [9.17, 15) is 10.1 Å². The van der Waals surface area contributed by atoms with E-state index < -0.39 is 4.92 Å². The van der Waals surface area contributed by atoms with E-state index in [0.717, 1.165) is 11.3 Å². The number of aryl methyl sites for hydroxylation is 1. The Kier molecular flexibility index (Phi) is 4.62. The smallest absolute Gasteiger partial charge is 0.400 e. The lowest BCUT2D eigenvalue weighted by molar-refractivity contribution is -0.402. The quantitative estimate of drug-likeness (QED) is 0.390. The molecule has 0 atom stereocenters. The average Bonchev–Trinajstić information content (AvgIpc) is 2.90. The van der Waals surface area contributed by atoms with E-state index in [-0.39, 0.29) is 11.6 Å². The summed E-state index contributed by atoms with van der Waals surface area (Å²) < 4.78 is 4.91. The zero-order valence-electron chi connectivity index (χ0n) is 11.1. The second-order valence-electron chi connectivity index (χ2n) is 4.12. The van der Waals surface area contributed by atoms with Gasteiger partial charge in [0.05, 0.1) is 12.3 Å². The lowest BCUT2D eigenvalue weighted by atomic mass is 10.2. The van der Waals surface area contributed by atoms with Crippen LogP contribution in [0.4, 0.5) is 11.6 Å². The fourth-order valence-corrected chi connectivity index (χ4v) is 1.63. The van der Waals surface area contributed by atoms with Crippen LogP contribution in [0.15, 0.2) is 45.9 Å². The van der Waals surface area contributed by atoms with Crippen LogP contribution >= 0.6 is 12.2 Å². The van der Waals surface area contributed by atoms with Crippen molar-refractivity contribution in [2.45, 2.75) is 6.92 Å². The number of nitrogens with one attached hydrogen (secondary N) is 2. The highest BCUT2D eigenvalue weighted by Gasteiger charge is 2.10. The minimum absolute atomic E-state index is 0.257. The van der Waals surface area contributed by atoms with E-state index in [1.807, 2.05) is 31.2 Å². The van der Waals surface area contributed by atoms with Crippen molar-refractivity contribution in [1.29, 1.82) is 0 Å². The van der Waals surface area contributed by atoms with Gasteiger partial charge in [0.2, 0.25) is 0 Å². The van der Waals surface area contributed by atoms with Gasteiger partial charge in [-0.15, -0.1) is 0 Å². The van der Waals surface area contributed by atoms with Crippen molar-refractivity contribution in [2.75, 3.05) is 5.32 Å². The third kappa shape index (κ3) is 4.39. The molecular formula is C13H12N4O3S. The molecule has 0 aliphatic heterocycles. The van der Waals surface area contributed by atoms with E-state index >= 15 is 0 Å². The summed E-state index contributed by atoms with van der Waals surface area (Å²) in [6.45, 7) is 1.99. The fourth-order valence-electron chi connectivity index (χ4n) is 1.46. The predicted octanol–water partition coefficient (Wildman–Crippen LogP) is 2.82. The van der Waals surface area contributed by atoms with Crippen LogP contribution in [0, 0.1) is 17.0 Å². The number of nitro groups is 1. The molecule has 0 amide bonds. The van der Waals surface area contributed by atoms with Crippen molar-refractivity contribution in [3.63, 3.8) is 0 Å². The van der Waals surface area contributed by atoms with Gasteiger partial charge in [0.25, 0.3) is 0 Å². The van der Waals surface area contributed by atoms with Crippen molar-refractivity contribution in [2.24, 2.45) is 5.10 Å². The first-order chi connectivity index (χ1) is 10.0.